The lowest BCUT2D eigenvalue weighted by Gasteiger charge is -2.21. The van der Waals surface area contributed by atoms with Crippen molar-refractivity contribution in [3.8, 4) is 0 Å². The number of rotatable bonds is 5. The topological polar surface area (TPSA) is 92.8 Å². The van der Waals surface area contributed by atoms with Gasteiger partial charge in [-0.1, -0.05) is 36.4 Å². The number of benzene rings is 2. The smallest absolute Gasteiger partial charge is 0.229 e. The molecule has 0 fully saturated rings. The van der Waals surface area contributed by atoms with Crippen LogP contribution < -0.4 is 5.01 Å². The third kappa shape index (κ3) is 2.64. The number of anilines is 2. The molecule has 2 aromatic rings. The maximum absolute atomic E-state index is 11.0. The van der Waals surface area contributed by atoms with Crippen LogP contribution >= 0.6 is 0 Å². The first kappa shape index (κ1) is 13.3. The molecule has 20 heavy (non-hydrogen) atoms. The monoisotopic (exact) mass is 274 g/mol. The second kappa shape index (κ2) is 5.65. The Balaban J connectivity index is 2.55. The fraction of sp³-hybridized carbons (Fsp3) is 0. The largest absolute Gasteiger partial charge is 0.288 e. The first-order valence-electron chi connectivity index (χ1n) is 5.60. The van der Waals surface area contributed by atoms with Gasteiger partial charge in [0.15, 0.2) is 0 Å². The zero-order valence-electron chi connectivity index (χ0n) is 10.2. The molecule has 0 aliphatic rings. The quantitative estimate of drug-likeness (QED) is 0.614. The molecule has 8 nitrogen and oxygen atoms in total. The maximum atomic E-state index is 11.0. The first-order chi connectivity index (χ1) is 9.61. The van der Waals surface area contributed by atoms with Crippen LogP contribution in [-0.2, 0) is 0 Å². The predicted molar refractivity (Wildman–Crippen MR) is 70.9 cm³/mol. The highest BCUT2D eigenvalue weighted by molar-refractivity contribution is 5.60. The van der Waals surface area contributed by atoms with Crippen LogP contribution in [0.2, 0.25) is 0 Å². The van der Waals surface area contributed by atoms with E-state index in [-0.39, 0.29) is 5.23 Å². The Bertz CT molecular complexity index is 552. The summed E-state index contributed by atoms with van der Waals surface area (Å²) in [6, 6.07) is 16.2. The Morgan fingerprint density at radius 3 is 1.35 bits per heavy atom. The minimum Gasteiger partial charge on any atom is -0.229 e. The fourth-order valence-electron chi connectivity index (χ4n) is 1.70. The minimum absolute atomic E-state index is 0.148. The zero-order chi connectivity index (χ0) is 14.5. The van der Waals surface area contributed by atoms with E-state index in [0.717, 1.165) is 5.01 Å². The summed E-state index contributed by atoms with van der Waals surface area (Å²) in [6.45, 7) is 0. The summed E-state index contributed by atoms with van der Waals surface area (Å²) in [5.74, 6) is 0. The summed E-state index contributed by atoms with van der Waals surface area (Å²) in [6.07, 6.45) is 0. The molecule has 0 bridgehead atoms. The average molecular weight is 274 g/mol. The summed E-state index contributed by atoms with van der Waals surface area (Å²) in [7, 11) is 0. The van der Waals surface area contributed by atoms with Crippen molar-refractivity contribution >= 4 is 11.4 Å². The van der Waals surface area contributed by atoms with Crippen LogP contribution in [0.25, 0.3) is 0 Å². The van der Waals surface area contributed by atoms with E-state index < -0.39 is 10.1 Å². The van der Waals surface area contributed by atoms with Crippen molar-refractivity contribution in [3.05, 3.63) is 80.9 Å². The number of hydrogen-bond donors (Lipinski definition) is 0. The molecule has 0 saturated heterocycles. The van der Waals surface area contributed by atoms with Crippen molar-refractivity contribution in [2.45, 2.75) is 0 Å². The van der Waals surface area contributed by atoms with Crippen LogP contribution in [0, 0.1) is 20.2 Å². The normalized spacial score (nSPS) is 9.80. The molecule has 0 aliphatic carbocycles. The van der Waals surface area contributed by atoms with Crippen molar-refractivity contribution < 1.29 is 10.1 Å². The van der Waals surface area contributed by atoms with Crippen molar-refractivity contribution in [2.75, 3.05) is 5.01 Å². The molecule has 102 valence electrons. The molecule has 0 aromatic heterocycles. The van der Waals surface area contributed by atoms with Crippen LogP contribution in [0.1, 0.15) is 0 Å². The molecule has 8 heteroatoms. The second-order valence-electron chi connectivity index (χ2n) is 3.73. The van der Waals surface area contributed by atoms with Gasteiger partial charge in [-0.15, -0.1) is 5.01 Å². The van der Waals surface area contributed by atoms with E-state index in [0.29, 0.717) is 11.4 Å². The molecule has 0 unspecified atom stereocenters. The molecule has 2 rings (SSSR count). The third-order valence-electron chi connectivity index (χ3n) is 2.47. The molecule has 0 saturated carbocycles. The second-order valence-corrected chi connectivity index (χ2v) is 3.73. The molecular weight excluding hydrogens is 264 g/mol. The van der Waals surface area contributed by atoms with E-state index in [9.17, 15) is 20.2 Å². The number of hydrogen-bond acceptors (Lipinski definition) is 5. The number of hydrazine groups is 3. The first-order valence-corrected chi connectivity index (χ1v) is 5.60. The SMILES string of the molecule is O=[N+]([O-])N(N(c1ccccc1)c1ccccc1)[N+](=O)[O-]. The Labute approximate surface area is 113 Å². The van der Waals surface area contributed by atoms with E-state index in [1.807, 2.05) is 0 Å². The molecule has 0 N–H and O–H groups in total. The highest BCUT2D eigenvalue weighted by atomic mass is 16.8. The van der Waals surface area contributed by atoms with Gasteiger partial charge in [0.2, 0.25) is 10.1 Å². The van der Waals surface area contributed by atoms with Gasteiger partial charge < -0.3 is 0 Å². The Morgan fingerprint density at radius 2 is 1.05 bits per heavy atom. The summed E-state index contributed by atoms with van der Waals surface area (Å²) in [5, 5.41) is 20.6. The van der Waals surface area contributed by atoms with Crippen molar-refractivity contribution in [3.63, 3.8) is 0 Å². The van der Waals surface area contributed by atoms with Gasteiger partial charge in [-0.3, -0.25) is 0 Å². The predicted octanol–water partition coefficient (Wildman–Crippen LogP) is 2.43. The zero-order valence-corrected chi connectivity index (χ0v) is 10.2. The molecule has 0 radical (unpaired) electrons. The lowest BCUT2D eigenvalue weighted by Crippen LogP contribution is -2.47. The number of nitro groups is 2. The molecule has 0 spiro atoms. The van der Waals surface area contributed by atoms with Gasteiger partial charge in [-0.2, -0.15) is 0 Å². The third-order valence-corrected chi connectivity index (χ3v) is 2.47. The summed E-state index contributed by atoms with van der Waals surface area (Å²) in [5.41, 5.74) is 0.624. The highest BCUT2D eigenvalue weighted by Crippen LogP contribution is 2.26. The van der Waals surface area contributed by atoms with E-state index in [1.165, 1.54) is 0 Å². The molecule has 0 aliphatic heterocycles. The standard InChI is InChI=1S/C12H10N4O4/c17-15(18)14(16(19)20)13(11-7-3-1-4-8-11)12-9-5-2-6-10-12/h1-10H. The van der Waals surface area contributed by atoms with Crippen LogP contribution in [0.3, 0.4) is 0 Å². The van der Waals surface area contributed by atoms with Gasteiger partial charge in [0, 0.05) is 0 Å². The van der Waals surface area contributed by atoms with Gasteiger partial charge in [0.25, 0.3) is 5.23 Å². The van der Waals surface area contributed by atoms with E-state index in [1.54, 1.807) is 60.7 Å². The van der Waals surface area contributed by atoms with E-state index >= 15 is 0 Å². The summed E-state index contributed by atoms with van der Waals surface area (Å²) >= 11 is 0. The Kier molecular flexibility index (Phi) is 3.75. The van der Waals surface area contributed by atoms with Gasteiger partial charge in [-0.05, 0) is 24.3 Å². The number of para-hydroxylation sites is 2. The molecular formula is C12H10N4O4. The van der Waals surface area contributed by atoms with E-state index in [2.05, 4.69) is 0 Å². The van der Waals surface area contributed by atoms with Crippen molar-refractivity contribution in [2.24, 2.45) is 0 Å². The average Bonchev–Trinajstić information content (AvgIpc) is 2.45. The molecule has 0 heterocycles. The Morgan fingerprint density at radius 1 is 0.700 bits per heavy atom. The van der Waals surface area contributed by atoms with E-state index in [4.69, 9.17) is 0 Å². The summed E-state index contributed by atoms with van der Waals surface area (Å²) < 4.78 is 0. The molecule has 0 amide bonds. The van der Waals surface area contributed by atoms with Gasteiger partial charge in [-0.25, -0.2) is 20.2 Å². The lowest BCUT2D eigenvalue weighted by molar-refractivity contribution is -0.908. The van der Waals surface area contributed by atoms with Crippen molar-refractivity contribution in [1.29, 1.82) is 0 Å². The van der Waals surface area contributed by atoms with Gasteiger partial charge >= 0.3 is 0 Å². The lowest BCUT2D eigenvalue weighted by atomic mass is 10.2. The van der Waals surface area contributed by atoms with Crippen molar-refractivity contribution in [1.82, 2.24) is 5.23 Å². The van der Waals surface area contributed by atoms with Crippen LogP contribution in [0.5, 0.6) is 0 Å². The van der Waals surface area contributed by atoms with Crippen LogP contribution in [-0.4, -0.2) is 15.3 Å². The van der Waals surface area contributed by atoms with Gasteiger partial charge in [0.05, 0.1) is 11.4 Å². The highest BCUT2D eigenvalue weighted by Gasteiger charge is 2.37. The summed E-state index contributed by atoms with van der Waals surface area (Å²) in [4.78, 5) is 22.0. The molecule has 0 atom stereocenters. The number of nitrogens with zero attached hydrogens (tertiary/aromatic N) is 4. The Hall–Kier alpha value is -3.16. The van der Waals surface area contributed by atoms with Crippen LogP contribution in [0.4, 0.5) is 11.4 Å². The van der Waals surface area contributed by atoms with Gasteiger partial charge in [0.1, 0.15) is 0 Å². The fourth-order valence-corrected chi connectivity index (χ4v) is 1.70. The van der Waals surface area contributed by atoms with Crippen LogP contribution in [0.15, 0.2) is 60.7 Å². The minimum atomic E-state index is -1.08. The maximum Gasteiger partial charge on any atom is 0.288 e. The molecule has 2 aromatic carbocycles.